The van der Waals surface area contributed by atoms with Gasteiger partial charge in [0.25, 0.3) is 0 Å². The van der Waals surface area contributed by atoms with E-state index < -0.39 is 15.6 Å². The van der Waals surface area contributed by atoms with Crippen LogP contribution in [0.3, 0.4) is 0 Å². The number of halogens is 1. The van der Waals surface area contributed by atoms with Crippen LogP contribution in [-0.4, -0.2) is 30.6 Å². The Morgan fingerprint density at radius 2 is 2.00 bits per heavy atom. The molecule has 0 atom stereocenters. The fourth-order valence-electron chi connectivity index (χ4n) is 1.78. The second-order valence-electron chi connectivity index (χ2n) is 4.61. The maximum atomic E-state index is 12.1. The molecular formula is C13H21ClN2O2S. The molecule has 0 fully saturated rings. The summed E-state index contributed by atoms with van der Waals surface area (Å²) in [5, 5.41) is 0. The highest BCUT2D eigenvalue weighted by atomic mass is 35.5. The second-order valence-corrected chi connectivity index (χ2v) is 6.72. The zero-order valence-electron chi connectivity index (χ0n) is 11.4. The molecule has 0 saturated carbocycles. The van der Waals surface area contributed by atoms with Crippen LogP contribution >= 0.6 is 11.6 Å². The molecular weight excluding hydrogens is 284 g/mol. The van der Waals surface area contributed by atoms with Gasteiger partial charge in [-0.1, -0.05) is 19.9 Å². The molecule has 1 aromatic heterocycles. The van der Waals surface area contributed by atoms with Crippen LogP contribution in [0.25, 0.3) is 0 Å². The van der Waals surface area contributed by atoms with Crippen molar-refractivity contribution < 1.29 is 8.42 Å². The molecule has 0 aliphatic heterocycles. The highest BCUT2D eigenvalue weighted by Gasteiger charge is 2.30. The van der Waals surface area contributed by atoms with Crippen LogP contribution in [0.15, 0.2) is 24.4 Å². The van der Waals surface area contributed by atoms with Gasteiger partial charge in [0.1, 0.15) is 0 Å². The average Bonchev–Trinajstić information content (AvgIpc) is 2.44. The minimum Gasteiger partial charge on any atom is -0.261 e. The van der Waals surface area contributed by atoms with Crippen molar-refractivity contribution in [2.75, 3.05) is 11.6 Å². The number of hydrogen-bond donors (Lipinski definition) is 1. The number of aromatic nitrogens is 1. The Kier molecular flexibility index (Phi) is 6.23. The Morgan fingerprint density at radius 1 is 1.32 bits per heavy atom. The van der Waals surface area contributed by atoms with Gasteiger partial charge in [-0.3, -0.25) is 4.98 Å². The summed E-state index contributed by atoms with van der Waals surface area (Å²) in [6.45, 7) is 3.88. The molecule has 0 aliphatic rings. The van der Waals surface area contributed by atoms with Crippen LogP contribution in [-0.2, 0) is 16.4 Å². The Balaban J connectivity index is 2.66. The number of aryl methyl sites for hydroxylation is 1. The molecule has 0 bridgehead atoms. The third kappa shape index (κ3) is 5.09. The Labute approximate surface area is 120 Å². The predicted octanol–water partition coefficient (Wildman–Crippen LogP) is 2.34. The van der Waals surface area contributed by atoms with Gasteiger partial charge in [0.15, 0.2) is 0 Å². The first-order valence-corrected chi connectivity index (χ1v) is 8.63. The van der Waals surface area contributed by atoms with Gasteiger partial charge in [-0.2, -0.15) is 0 Å². The van der Waals surface area contributed by atoms with E-state index in [2.05, 4.69) is 9.71 Å². The molecule has 6 heteroatoms. The summed E-state index contributed by atoms with van der Waals surface area (Å²) < 4.78 is 26.9. The molecule has 19 heavy (non-hydrogen) atoms. The Bertz CT molecular complexity index is 464. The van der Waals surface area contributed by atoms with Crippen LogP contribution in [0, 0.1) is 0 Å². The van der Waals surface area contributed by atoms with Crippen LogP contribution in [0.5, 0.6) is 0 Å². The van der Waals surface area contributed by atoms with E-state index in [-0.39, 0.29) is 11.6 Å². The molecule has 0 unspecified atom stereocenters. The van der Waals surface area contributed by atoms with Gasteiger partial charge in [-0.05, 0) is 25.0 Å². The lowest BCUT2D eigenvalue weighted by atomic mass is 9.97. The van der Waals surface area contributed by atoms with Crippen LogP contribution in [0.4, 0.5) is 0 Å². The molecule has 0 aliphatic carbocycles. The molecule has 1 aromatic rings. The minimum atomic E-state index is -3.35. The van der Waals surface area contributed by atoms with E-state index in [1.54, 1.807) is 6.20 Å². The maximum absolute atomic E-state index is 12.1. The molecule has 0 spiro atoms. The normalized spacial score (nSPS) is 12.6. The van der Waals surface area contributed by atoms with E-state index in [1.807, 2.05) is 32.0 Å². The average molecular weight is 305 g/mol. The molecule has 1 N–H and O–H groups in total. The van der Waals surface area contributed by atoms with Gasteiger partial charge in [-0.15, -0.1) is 11.6 Å². The third-order valence-electron chi connectivity index (χ3n) is 3.33. The van der Waals surface area contributed by atoms with Crippen molar-refractivity contribution in [3.05, 3.63) is 30.1 Å². The SMILES string of the molecule is CCC(CC)(CCl)NS(=O)(=O)CCc1ccccn1. The summed E-state index contributed by atoms with van der Waals surface area (Å²) in [7, 11) is -3.35. The number of nitrogens with zero attached hydrogens (tertiary/aromatic N) is 1. The summed E-state index contributed by atoms with van der Waals surface area (Å²) in [4.78, 5) is 4.12. The Hall–Kier alpha value is -0.650. The molecule has 0 amide bonds. The monoisotopic (exact) mass is 304 g/mol. The number of hydrogen-bond acceptors (Lipinski definition) is 3. The van der Waals surface area contributed by atoms with E-state index in [9.17, 15) is 8.42 Å². The zero-order chi connectivity index (χ0) is 14.4. The topological polar surface area (TPSA) is 59.1 Å². The van der Waals surface area contributed by atoms with Crippen molar-refractivity contribution >= 4 is 21.6 Å². The van der Waals surface area contributed by atoms with Crippen molar-refractivity contribution in [3.63, 3.8) is 0 Å². The van der Waals surface area contributed by atoms with Gasteiger partial charge < -0.3 is 0 Å². The summed E-state index contributed by atoms with van der Waals surface area (Å²) in [5.41, 5.74) is 0.238. The van der Waals surface area contributed by atoms with Crippen molar-refractivity contribution in [1.82, 2.24) is 9.71 Å². The van der Waals surface area contributed by atoms with Crippen molar-refractivity contribution in [2.45, 2.75) is 38.6 Å². The Morgan fingerprint density at radius 3 is 2.47 bits per heavy atom. The smallest absolute Gasteiger partial charge is 0.212 e. The molecule has 1 heterocycles. The first-order chi connectivity index (χ1) is 8.97. The predicted molar refractivity (Wildman–Crippen MR) is 78.9 cm³/mol. The van der Waals surface area contributed by atoms with Gasteiger partial charge in [-0.25, -0.2) is 13.1 Å². The zero-order valence-corrected chi connectivity index (χ0v) is 13.0. The van der Waals surface area contributed by atoms with Crippen molar-refractivity contribution in [1.29, 1.82) is 0 Å². The van der Waals surface area contributed by atoms with Crippen molar-refractivity contribution in [3.8, 4) is 0 Å². The number of rotatable bonds is 8. The van der Waals surface area contributed by atoms with Crippen LogP contribution in [0.2, 0.25) is 0 Å². The number of sulfonamides is 1. The first kappa shape index (κ1) is 16.4. The lowest BCUT2D eigenvalue weighted by Crippen LogP contribution is -2.50. The largest absolute Gasteiger partial charge is 0.261 e. The highest BCUT2D eigenvalue weighted by molar-refractivity contribution is 7.89. The molecule has 0 radical (unpaired) electrons. The number of alkyl halides is 1. The fraction of sp³-hybridized carbons (Fsp3) is 0.615. The van der Waals surface area contributed by atoms with E-state index >= 15 is 0 Å². The lowest BCUT2D eigenvalue weighted by Gasteiger charge is -2.30. The van der Waals surface area contributed by atoms with E-state index in [0.29, 0.717) is 19.3 Å². The molecule has 108 valence electrons. The maximum Gasteiger partial charge on any atom is 0.212 e. The molecule has 1 rings (SSSR count). The summed E-state index contributed by atoms with van der Waals surface area (Å²) in [6.07, 6.45) is 3.42. The van der Waals surface area contributed by atoms with Crippen LogP contribution < -0.4 is 4.72 Å². The summed E-state index contributed by atoms with van der Waals surface area (Å²) in [6, 6.07) is 5.48. The molecule has 4 nitrogen and oxygen atoms in total. The van der Waals surface area contributed by atoms with Gasteiger partial charge in [0.05, 0.1) is 5.75 Å². The van der Waals surface area contributed by atoms with Gasteiger partial charge in [0, 0.05) is 29.7 Å². The minimum absolute atomic E-state index is 0.0304. The standard InChI is InChI=1S/C13H21ClN2O2S/c1-3-13(4-2,11-14)16-19(17,18)10-8-12-7-5-6-9-15-12/h5-7,9,16H,3-4,8,10-11H2,1-2H3. The quantitative estimate of drug-likeness (QED) is 0.750. The second kappa shape index (κ2) is 7.22. The van der Waals surface area contributed by atoms with Gasteiger partial charge in [0.2, 0.25) is 10.0 Å². The number of pyridine rings is 1. The summed E-state index contributed by atoms with van der Waals surface area (Å²) >= 11 is 5.91. The first-order valence-electron chi connectivity index (χ1n) is 6.44. The third-order valence-corrected chi connectivity index (χ3v) is 5.33. The number of nitrogens with one attached hydrogen (secondary N) is 1. The van der Waals surface area contributed by atoms with Gasteiger partial charge >= 0.3 is 0 Å². The summed E-state index contributed by atoms with van der Waals surface area (Å²) in [5.74, 6) is 0.311. The van der Waals surface area contributed by atoms with Crippen molar-refractivity contribution in [2.24, 2.45) is 0 Å². The lowest BCUT2D eigenvalue weighted by molar-refractivity contribution is 0.394. The molecule has 0 aromatic carbocycles. The molecule has 0 saturated heterocycles. The van der Waals surface area contributed by atoms with E-state index in [0.717, 1.165) is 5.69 Å². The van der Waals surface area contributed by atoms with Crippen LogP contribution in [0.1, 0.15) is 32.4 Å². The van der Waals surface area contributed by atoms with E-state index in [1.165, 1.54) is 0 Å². The van der Waals surface area contributed by atoms with E-state index in [4.69, 9.17) is 11.6 Å². The highest BCUT2D eigenvalue weighted by Crippen LogP contribution is 2.18. The fourth-order valence-corrected chi connectivity index (χ4v) is 3.90.